The normalized spacial score (nSPS) is 16.3. The first-order valence-electron chi connectivity index (χ1n) is 9.80. The Morgan fingerprint density at radius 1 is 1.23 bits per heavy atom. The van der Waals surface area contributed by atoms with Crippen LogP contribution in [-0.4, -0.2) is 47.7 Å². The number of carbonyl (C=O) groups is 1. The highest BCUT2D eigenvalue weighted by Crippen LogP contribution is 2.32. The van der Waals surface area contributed by atoms with Crippen LogP contribution in [0.25, 0.3) is 0 Å². The second kappa shape index (κ2) is 9.01. The maximum atomic E-state index is 12.4. The highest BCUT2D eigenvalue weighted by atomic mass is 19.4. The first kappa shape index (κ1) is 22.7. The van der Waals surface area contributed by atoms with Crippen molar-refractivity contribution >= 4 is 17.6 Å². The summed E-state index contributed by atoms with van der Waals surface area (Å²) >= 11 is 0. The number of rotatable bonds is 6. The lowest BCUT2D eigenvalue weighted by Crippen LogP contribution is -2.39. The summed E-state index contributed by atoms with van der Waals surface area (Å²) in [6, 6.07) is 9.53. The van der Waals surface area contributed by atoms with E-state index in [1.54, 1.807) is 31.3 Å². The van der Waals surface area contributed by atoms with Crippen LogP contribution in [0.3, 0.4) is 0 Å². The zero-order chi connectivity index (χ0) is 22.6. The summed E-state index contributed by atoms with van der Waals surface area (Å²) in [4.78, 5) is 20.1. The third kappa shape index (κ3) is 6.24. The van der Waals surface area contributed by atoms with Gasteiger partial charge in [-0.15, -0.1) is 13.2 Å². The number of nitrogens with one attached hydrogen (secondary N) is 1. The maximum absolute atomic E-state index is 12.4. The van der Waals surface area contributed by atoms with Crippen molar-refractivity contribution in [3.05, 3.63) is 48.2 Å². The van der Waals surface area contributed by atoms with Gasteiger partial charge in [0, 0.05) is 30.5 Å². The van der Waals surface area contributed by atoms with Gasteiger partial charge in [0.25, 0.3) is 0 Å². The standard InChI is InChI=1S/C21H25F3N4O3/c1-4-30-19(29)26-18-11-15(9-10-25-18)12-28-14-27(13-20(28,2)3)16-5-7-17(8-6-16)31-21(22,23)24/h5-11H,4,12-14H2,1-3H3,(H,25,26,29). The number of amides is 1. The molecule has 3 rings (SSSR count). The molecule has 1 saturated heterocycles. The van der Waals surface area contributed by atoms with Crippen LogP contribution in [0.5, 0.6) is 5.75 Å². The van der Waals surface area contributed by atoms with Crippen LogP contribution < -0.4 is 15.0 Å². The van der Waals surface area contributed by atoms with Gasteiger partial charge in [-0.25, -0.2) is 9.78 Å². The SMILES string of the molecule is CCOC(=O)Nc1cc(CN2CN(c3ccc(OC(F)(F)F)cc3)CC2(C)C)ccn1. The van der Waals surface area contributed by atoms with Gasteiger partial charge in [-0.05, 0) is 62.7 Å². The minimum atomic E-state index is -4.71. The molecule has 0 spiro atoms. The number of alkyl halides is 3. The zero-order valence-electron chi connectivity index (χ0n) is 17.6. The smallest absolute Gasteiger partial charge is 0.450 e. The van der Waals surface area contributed by atoms with E-state index in [0.717, 1.165) is 11.3 Å². The summed E-state index contributed by atoms with van der Waals surface area (Å²) in [5.74, 6) is 0.162. The third-order valence-corrected chi connectivity index (χ3v) is 4.91. The lowest BCUT2D eigenvalue weighted by molar-refractivity contribution is -0.274. The van der Waals surface area contributed by atoms with Gasteiger partial charge >= 0.3 is 12.5 Å². The second-order valence-corrected chi connectivity index (χ2v) is 7.79. The van der Waals surface area contributed by atoms with Gasteiger partial charge in [0.15, 0.2) is 0 Å². The fraction of sp³-hybridized carbons (Fsp3) is 0.429. The van der Waals surface area contributed by atoms with E-state index in [9.17, 15) is 18.0 Å². The Hall–Kier alpha value is -3.01. The van der Waals surface area contributed by atoms with Crippen LogP contribution in [0.1, 0.15) is 26.3 Å². The van der Waals surface area contributed by atoms with Crippen LogP contribution in [0.2, 0.25) is 0 Å². The molecule has 0 saturated carbocycles. The average molecular weight is 438 g/mol. The van der Waals surface area contributed by atoms with Gasteiger partial charge in [-0.1, -0.05) is 0 Å². The minimum Gasteiger partial charge on any atom is -0.450 e. The second-order valence-electron chi connectivity index (χ2n) is 7.79. The van der Waals surface area contributed by atoms with Crippen molar-refractivity contribution in [2.75, 3.05) is 30.0 Å². The van der Waals surface area contributed by atoms with Crippen LogP contribution in [-0.2, 0) is 11.3 Å². The summed E-state index contributed by atoms with van der Waals surface area (Å²) in [6.45, 7) is 8.11. The molecule has 0 aliphatic carbocycles. The van der Waals surface area contributed by atoms with Gasteiger partial charge < -0.3 is 14.4 Å². The molecule has 0 bridgehead atoms. The molecule has 168 valence electrons. The average Bonchev–Trinajstić information content (AvgIpc) is 2.96. The van der Waals surface area contributed by atoms with Gasteiger partial charge in [-0.3, -0.25) is 10.2 Å². The van der Waals surface area contributed by atoms with Gasteiger partial charge in [0.1, 0.15) is 11.6 Å². The third-order valence-electron chi connectivity index (χ3n) is 4.91. The molecule has 0 atom stereocenters. The lowest BCUT2D eigenvalue weighted by Gasteiger charge is -2.29. The van der Waals surface area contributed by atoms with E-state index in [1.807, 2.05) is 6.07 Å². The van der Waals surface area contributed by atoms with Crippen LogP contribution in [0.15, 0.2) is 42.6 Å². The molecule has 7 nitrogen and oxygen atoms in total. The van der Waals surface area contributed by atoms with Crippen molar-refractivity contribution < 1.29 is 27.4 Å². The molecule has 1 N–H and O–H groups in total. The highest BCUT2D eigenvalue weighted by Gasteiger charge is 2.37. The molecule has 1 aliphatic heterocycles. The molecule has 2 aromatic rings. The number of halogens is 3. The first-order chi connectivity index (χ1) is 14.6. The van der Waals surface area contributed by atoms with Crippen molar-refractivity contribution in [2.24, 2.45) is 0 Å². The van der Waals surface area contributed by atoms with Crippen molar-refractivity contribution in [1.82, 2.24) is 9.88 Å². The lowest BCUT2D eigenvalue weighted by atomic mass is 10.0. The number of carbonyl (C=O) groups excluding carboxylic acids is 1. The number of hydrogen-bond acceptors (Lipinski definition) is 6. The molecular formula is C21H25F3N4O3. The summed E-state index contributed by atoms with van der Waals surface area (Å²) in [5.41, 5.74) is 1.59. The quantitative estimate of drug-likeness (QED) is 0.711. The molecule has 1 aromatic carbocycles. The van der Waals surface area contributed by atoms with Gasteiger partial charge in [0.05, 0.1) is 13.3 Å². The van der Waals surface area contributed by atoms with E-state index in [2.05, 4.69) is 38.7 Å². The molecular weight excluding hydrogens is 413 g/mol. The van der Waals surface area contributed by atoms with E-state index in [1.165, 1.54) is 12.1 Å². The fourth-order valence-electron chi connectivity index (χ4n) is 3.44. The van der Waals surface area contributed by atoms with Crippen LogP contribution in [0, 0.1) is 0 Å². The summed E-state index contributed by atoms with van der Waals surface area (Å²) in [7, 11) is 0. The van der Waals surface area contributed by atoms with E-state index in [-0.39, 0.29) is 17.9 Å². The number of hydrogen-bond donors (Lipinski definition) is 1. The minimum absolute atomic E-state index is 0.181. The largest absolute Gasteiger partial charge is 0.573 e. The van der Waals surface area contributed by atoms with E-state index in [0.29, 0.717) is 25.6 Å². The Kier molecular flexibility index (Phi) is 6.59. The number of aromatic nitrogens is 1. The van der Waals surface area contributed by atoms with Crippen LogP contribution >= 0.6 is 0 Å². The first-order valence-corrected chi connectivity index (χ1v) is 9.80. The topological polar surface area (TPSA) is 66.9 Å². The van der Waals surface area contributed by atoms with E-state index < -0.39 is 12.5 Å². The predicted molar refractivity (Wildman–Crippen MR) is 110 cm³/mol. The number of pyridine rings is 1. The fourth-order valence-corrected chi connectivity index (χ4v) is 3.44. The summed E-state index contributed by atoms with van der Waals surface area (Å²) in [5, 5.41) is 2.59. The molecule has 1 aromatic heterocycles. The molecule has 0 unspecified atom stereocenters. The monoisotopic (exact) mass is 438 g/mol. The highest BCUT2D eigenvalue weighted by molar-refractivity contribution is 5.83. The number of nitrogens with zero attached hydrogens (tertiary/aromatic N) is 3. The Morgan fingerprint density at radius 2 is 1.94 bits per heavy atom. The maximum Gasteiger partial charge on any atom is 0.573 e. The van der Waals surface area contributed by atoms with Crippen molar-refractivity contribution in [3.8, 4) is 5.75 Å². The van der Waals surface area contributed by atoms with E-state index in [4.69, 9.17) is 4.74 Å². The van der Waals surface area contributed by atoms with Gasteiger partial charge in [-0.2, -0.15) is 0 Å². The van der Waals surface area contributed by atoms with Crippen LogP contribution in [0.4, 0.5) is 29.5 Å². The molecule has 31 heavy (non-hydrogen) atoms. The molecule has 2 heterocycles. The predicted octanol–water partition coefficient (Wildman–Crippen LogP) is 4.61. The Labute approximate surface area is 178 Å². The van der Waals surface area contributed by atoms with Crippen molar-refractivity contribution in [1.29, 1.82) is 0 Å². The summed E-state index contributed by atoms with van der Waals surface area (Å²) < 4.78 is 45.9. The van der Waals surface area contributed by atoms with Gasteiger partial charge in [0.2, 0.25) is 0 Å². The molecule has 10 heteroatoms. The molecule has 1 aliphatic rings. The number of anilines is 2. The molecule has 1 fully saturated rings. The summed E-state index contributed by atoms with van der Waals surface area (Å²) in [6.07, 6.45) is -3.64. The van der Waals surface area contributed by atoms with Crippen molar-refractivity contribution in [2.45, 2.75) is 39.2 Å². The number of benzene rings is 1. The molecule has 0 radical (unpaired) electrons. The Morgan fingerprint density at radius 3 is 2.58 bits per heavy atom. The Bertz CT molecular complexity index is 903. The number of ether oxygens (including phenoxy) is 2. The zero-order valence-corrected chi connectivity index (χ0v) is 17.6. The van der Waals surface area contributed by atoms with E-state index >= 15 is 0 Å². The van der Waals surface area contributed by atoms with Crippen molar-refractivity contribution in [3.63, 3.8) is 0 Å². The molecule has 1 amide bonds. The Balaban J connectivity index is 1.67.